The Balaban J connectivity index is 2.18. The largest absolute Gasteiger partial charge is 0.323 e. The summed E-state index contributed by atoms with van der Waals surface area (Å²) in [5.74, 6) is -1.01. The van der Waals surface area contributed by atoms with Crippen LogP contribution in [0.15, 0.2) is 18.2 Å². The van der Waals surface area contributed by atoms with Gasteiger partial charge in [0.05, 0.1) is 16.0 Å². The maximum Gasteiger partial charge on any atom is 0.271 e. The van der Waals surface area contributed by atoms with Crippen LogP contribution in [0.1, 0.15) is 19.8 Å². The van der Waals surface area contributed by atoms with E-state index in [9.17, 15) is 19.3 Å². The predicted octanol–water partition coefficient (Wildman–Crippen LogP) is 2.06. The number of anilines is 1. The molecule has 7 heteroatoms. The molecule has 1 aliphatic rings. The molecule has 1 aliphatic heterocycles. The number of piperidine rings is 1. The van der Waals surface area contributed by atoms with E-state index >= 15 is 0 Å². The van der Waals surface area contributed by atoms with Gasteiger partial charge < -0.3 is 10.6 Å². The Bertz CT molecular complexity index is 542. The van der Waals surface area contributed by atoms with Gasteiger partial charge in [0.1, 0.15) is 5.82 Å². The van der Waals surface area contributed by atoms with Crippen molar-refractivity contribution in [2.75, 3.05) is 18.4 Å². The van der Waals surface area contributed by atoms with Gasteiger partial charge in [0, 0.05) is 18.7 Å². The molecular weight excluding hydrogens is 265 g/mol. The topological polar surface area (TPSA) is 84.3 Å². The molecule has 6 nitrogen and oxygen atoms in total. The molecule has 1 aromatic rings. The Morgan fingerprint density at radius 1 is 1.55 bits per heavy atom. The van der Waals surface area contributed by atoms with Gasteiger partial charge in [0.25, 0.3) is 5.69 Å². The lowest BCUT2D eigenvalue weighted by Crippen LogP contribution is -2.46. The molecule has 2 rings (SSSR count). The van der Waals surface area contributed by atoms with Crippen LogP contribution in [0.2, 0.25) is 0 Å². The predicted molar refractivity (Wildman–Crippen MR) is 71.9 cm³/mol. The molecule has 2 N–H and O–H groups in total. The number of carbonyl (C=O) groups is 1. The summed E-state index contributed by atoms with van der Waals surface area (Å²) in [7, 11) is 0. The van der Waals surface area contributed by atoms with Crippen LogP contribution in [0.5, 0.6) is 0 Å². The molecular formula is C13H16FN3O3. The van der Waals surface area contributed by atoms with Gasteiger partial charge in [-0.1, -0.05) is 0 Å². The van der Waals surface area contributed by atoms with Crippen molar-refractivity contribution in [3.8, 4) is 0 Å². The number of halogens is 1. The summed E-state index contributed by atoms with van der Waals surface area (Å²) < 4.78 is 13.6. The molecule has 20 heavy (non-hydrogen) atoms. The van der Waals surface area contributed by atoms with Crippen molar-refractivity contribution in [3.63, 3.8) is 0 Å². The molecule has 108 valence electrons. The molecule has 1 heterocycles. The van der Waals surface area contributed by atoms with Crippen LogP contribution in [0.4, 0.5) is 15.8 Å². The maximum absolute atomic E-state index is 13.6. The number of nitrogens with one attached hydrogen (secondary N) is 2. The molecule has 0 saturated carbocycles. The van der Waals surface area contributed by atoms with E-state index in [1.54, 1.807) is 6.92 Å². The molecule has 0 bridgehead atoms. The van der Waals surface area contributed by atoms with Gasteiger partial charge >= 0.3 is 0 Å². The number of rotatable bonds is 3. The minimum absolute atomic E-state index is 0.156. The third kappa shape index (κ3) is 2.93. The second kappa shape index (κ2) is 5.54. The summed E-state index contributed by atoms with van der Waals surface area (Å²) >= 11 is 0. The van der Waals surface area contributed by atoms with E-state index in [1.807, 2.05) is 0 Å². The van der Waals surface area contributed by atoms with Crippen LogP contribution in [0.25, 0.3) is 0 Å². The van der Waals surface area contributed by atoms with Crippen LogP contribution in [0, 0.1) is 21.3 Å². The van der Waals surface area contributed by atoms with Crippen molar-refractivity contribution >= 4 is 17.3 Å². The van der Waals surface area contributed by atoms with E-state index in [2.05, 4.69) is 10.6 Å². The van der Waals surface area contributed by atoms with Gasteiger partial charge in [-0.15, -0.1) is 0 Å². The van der Waals surface area contributed by atoms with Crippen molar-refractivity contribution in [1.82, 2.24) is 5.32 Å². The van der Waals surface area contributed by atoms with Gasteiger partial charge in [-0.25, -0.2) is 4.39 Å². The van der Waals surface area contributed by atoms with Crippen LogP contribution in [-0.2, 0) is 4.79 Å². The molecule has 1 unspecified atom stereocenters. The number of nitro benzene ring substituents is 1. The highest BCUT2D eigenvalue weighted by Gasteiger charge is 2.35. The second-order valence-corrected chi connectivity index (χ2v) is 5.22. The number of nitrogens with zero attached hydrogens (tertiary/aromatic N) is 1. The van der Waals surface area contributed by atoms with Crippen LogP contribution < -0.4 is 10.6 Å². The van der Waals surface area contributed by atoms with E-state index in [0.717, 1.165) is 31.2 Å². The summed E-state index contributed by atoms with van der Waals surface area (Å²) in [5.41, 5.74) is -1.04. The first-order chi connectivity index (χ1) is 9.42. The minimum atomic E-state index is -0.684. The number of nitro groups is 1. The van der Waals surface area contributed by atoms with Crippen molar-refractivity contribution in [3.05, 3.63) is 34.1 Å². The van der Waals surface area contributed by atoms with Gasteiger partial charge in [0.15, 0.2) is 0 Å². The Morgan fingerprint density at radius 3 is 2.90 bits per heavy atom. The first-order valence-electron chi connectivity index (χ1n) is 6.38. The number of carbonyl (C=O) groups excluding carboxylic acids is 1. The quantitative estimate of drug-likeness (QED) is 0.656. The SMILES string of the molecule is CC1(C(=O)Nc2cc([N+](=O)[O-])ccc2F)CCCNC1. The van der Waals surface area contributed by atoms with Crippen LogP contribution >= 0.6 is 0 Å². The zero-order valence-electron chi connectivity index (χ0n) is 11.1. The van der Waals surface area contributed by atoms with Gasteiger partial charge in [-0.3, -0.25) is 14.9 Å². The van der Waals surface area contributed by atoms with E-state index in [0.29, 0.717) is 13.0 Å². The summed E-state index contributed by atoms with van der Waals surface area (Å²) in [4.78, 5) is 22.3. The highest BCUT2D eigenvalue weighted by atomic mass is 19.1. The van der Waals surface area contributed by atoms with Crippen molar-refractivity contribution < 1.29 is 14.1 Å². The van der Waals surface area contributed by atoms with Gasteiger partial charge in [0.2, 0.25) is 5.91 Å². The third-order valence-corrected chi connectivity index (χ3v) is 3.55. The summed E-state index contributed by atoms with van der Waals surface area (Å²) in [5, 5.41) is 16.3. The lowest BCUT2D eigenvalue weighted by Gasteiger charge is -2.32. The molecule has 0 aliphatic carbocycles. The average molecular weight is 281 g/mol. The van der Waals surface area contributed by atoms with Crippen molar-refractivity contribution in [2.45, 2.75) is 19.8 Å². The molecule has 1 fully saturated rings. The average Bonchev–Trinajstić information content (AvgIpc) is 2.41. The van der Waals surface area contributed by atoms with Gasteiger partial charge in [-0.2, -0.15) is 0 Å². The smallest absolute Gasteiger partial charge is 0.271 e. The van der Waals surface area contributed by atoms with E-state index in [1.165, 1.54) is 0 Å². The molecule has 1 atom stereocenters. The Kier molecular flexibility index (Phi) is 3.99. The van der Waals surface area contributed by atoms with E-state index < -0.39 is 16.2 Å². The van der Waals surface area contributed by atoms with E-state index in [-0.39, 0.29) is 17.3 Å². The van der Waals surface area contributed by atoms with E-state index in [4.69, 9.17) is 0 Å². The highest BCUT2D eigenvalue weighted by Crippen LogP contribution is 2.29. The van der Waals surface area contributed by atoms with Crippen LogP contribution in [-0.4, -0.2) is 23.9 Å². The van der Waals surface area contributed by atoms with Crippen molar-refractivity contribution in [2.24, 2.45) is 5.41 Å². The zero-order valence-corrected chi connectivity index (χ0v) is 11.1. The normalized spacial score (nSPS) is 22.3. The molecule has 0 radical (unpaired) electrons. The first kappa shape index (κ1) is 14.4. The maximum atomic E-state index is 13.6. The molecule has 0 aromatic heterocycles. The summed E-state index contributed by atoms with van der Waals surface area (Å²) in [6.45, 7) is 3.16. The molecule has 1 amide bonds. The molecule has 1 aromatic carbocycles. The standard InChI is InChI=1S/C13H16FN3O3/c1-13(5-2-6-15-8-13)12(18)16-11-7-9(17(19)20)3-4-10(11)14/h3-4,7,15H,2,5-6,8H2,1H3,(H,16,18). The fourth-order valence-corrected chi connectivity index (χ4v) is 2.25. The molecule has 0 spiro atoms. The number of amides is 1. The Morgan fingerprint density at radius 2 is 2.30 bits per heavy atom. The van der Waals surface area contributed by atoms with Gasteiger partial charge in [-0.05, 0) is 32.4 Å². The number of non-ortho nitro benzene ring substituents is 1. The lowest BCUT2D eigenvalue weighted by molar-refractivity contribution is -0.384. The number of hydrogen-bond acceptors (Lipinski definition) is 4. The second-order valence-electron chi connectivity index (χ2n) is 5.22. The van der Waals surface area contributed by atoms with Crippen molar-refractivity contribution in [1.29, 1.82) is 0 Å². The fraction of sp³-hybridized carbons (Fsp3) is 0.462. The monoisotopic (exact) mass is 281 g/mol. The third-order valence-electron chi connectivity index (χ3n) is 3.55. The Hall–Kier alpha value is -2.02. The summed E-state index contributed by atoms with van der Waals surface area (Å²) in [6, 6.07) is 3.08. The Labute approximate surface area is 115 Å². The first-order valence-corrected chi connectivity index (χ1v) is 6.38. The minimum Gasteiger partial charge on any atom is -0.323 e. The lowest BCUT2D eigenvalue weighted by atomic mass is 9.82. The highest BCUT2D eigenvalue weighted by molar-refractivity contribution is 5.95. The summed E-state index contributed by atoms with van der Waals surface area (Å²) in [6.07, 6.45) is 1.56. The molecule has 1 saturated heterocycles. The van der Waals surface area contributed by atoms with Crippen LogP contribution in [0.3, 0.4) is 0 Å². The fourth-order valence-electron chi connectivity index (χ4n) is 2.25. The zero-order chi connectivity index (χ0) is 14.8. The number of hydrogen-bond donors (Lipinski definition) is 2. The number of benzene rings is 1.